The summed E-state index contributed by atoms with van der Waals surface area (Å²) in [6.07, 6.45) is 3.41. The normalized spacial score (nSPS) is 16.7. The van der Waals surface area contributed by atoms with Crippen molar-refractivity contribution in [2.24, 2.45) is 5.92 Å². The lowest BCUT2D eigenvalue weighted by molar-refractivity contribution is 0.305. The van der Waals surface area contributed by atoms with E-state index in [2.05, 4.69) is 35.0 Å². The first-order chi connectivity index (χ1) is 7.33. The first-order valence-electron chi connectivity index (χ1n) is 6.09. The molecule has 0 aliphatic carbocycles. The van der Waals surface area contributed by atoms with Crippen molar-refractivity contribution in [3.63, 3.8) is 0 Å². The van der Waals surface area contributed by atoms with Crippen molar-refractivity contribution in [1.29, 1.82) is 0 Å². The molecule has 0 unspecified atom stereocenters. The van der Waals surface area contributed by atoms with Gasteiger partial charge < -0.3 is 5.32 Å². The molecule has 0 spiro atoms. The molecule has 2 rings (SSSR count). The fraction of sp³-hybridized carbons (Fsp3) is 0.750. The molecule has 0 bridgehead atoms. The van der Waals surface area contributed by atoms with Crippen LogP contribution in [0.3, 0.4) is 0 Å². The summed E-state index contributed by atoms with van der Waals surface area (Å²) in [5.74, 6) is 0.879. The van der Waals surface area contributed by atoms with E-state index in [-0.39, 0.29) is 0 Å². The van der Waals surface area contributed by atoms with Crippen molar-refractivity contribution in [2.75, 3.05) is 13.1 Å². The fourth-order valence-electron chi connectivity index (χ4n) is 2.02. The molecule has 0 aromatic carbocycles. The first-order valence-corrected chi connectivity index (χ1v) is 6.09. The lowest BCUT2D eigenvalue weighted by Gasteiger charge is -2.27. The molecule has 1 aromatic heterocycles. The zero-order valence-electron chi connectivity index (χ0n) is 9.79. The molecule has 1 aliphatic heterocycles. The third kappa shape index (κ3) is 2.40. The second kappa shape index (κ2) is 4.79. The Kier molecular flexibility index (Phi) is 3.41. The van der Waals surface area contributed by atoms with Crippen molar-refractivity contribution >= 4 is 0 Å². The van der Waals surface area contributed by atoms with Gasteiger partial charge in [-0.25, -0.2) is 0 Å². The summed E-state index contributed by atoms with van der Waals surface area (Å²) >= 11 is 0. The van der Waals surface area contributed by atoms with E-state index in [4.69, 9.17) is 0 Å². The molecule has 0 radical (unpaired) electrons. The van der Waals surface area contributed by atoms with Crippen molar-refractivity contribution in [3.8, 4) is 0 Å². The third-order valence-electron chi connectivity index (χ3n) is 3.25. The number of aromatic nitrogens is 2. The highest BCUT2D eigenvalue weighted by Crippen LogP contribution is 2.12. The molecule has 1 N–H and O–H groups in total. The molecule has 84 valence electrons. The van der Waals surface area contributed by atoms with E-state index in [9.17, 15) is 0 Å². The van der Waals surface area contributed by atoms with Gasteiger partial charge in [-0.15, -0.1) is 0 Å². The van der Waals surface area contributed by atoms with E-state index in [1.807, 2.05) is 0 Å². The molecule has 0 amide bonds. The predicted octanol–water partition coefficient (Wildman–Crippen LogP) is 1.62. The standard InChI is InChI=1S/C12H21N3/c1-3-11-7-12(4-2)15(14-11)6-5-10-8-13-9-10/h7,10,13H,3-6,8-9H2,1-2H3. The van der Waals surface area contributed by atoms with Crippen molar-refractivity contribution in [3.05, 3.63) is 17.5 Å². The van der Waals surface area contributed by atoms with Crippen LogP contribution in [0, 0.1) is 5.92 Å². The Hall–Kier alpha value is -0.830. The maximum absolute atomic E-state index is 4.63. The minimum Gasteiger partial charge on any atom is -0.316 e. The molecular weight excluding hydrogens is 186 g/mol. The van der Waals surface area contributed by atoms with Gasteiger partial charge in [-0.05, 0) is 44.3 Å². The van der Waals surface area contributed by atoms with Gasteiger partial charge in [0.2, 0.25) is 0 Å². The summed E-state index contributed by atoms with van der Waals surface area (Å²) in [4.78, 5) is 0. The average Bonchev–Trinajstić information content (AvgIpc) is 2.58. The maximum atomic E-state index is 4.63. The molecule has 1 fully saturated rings. The minimum absolute atomic E-state index is 0.879. The number of hydrogen-bond acceptors (Lipinski definition) is 2. The van der Waals surface area contributed by atoms with Gasteiger partial charge in [0.15, 0.2) is 0 Å². The van der Waals surface area contributed by atoms with E-state index >= 15 is 0 Å². The first kappa shape index (κ1) is 10.7. The summed E-state index contributed by atoms with van der Waals surface area (Å²) in [6, 6.07) is 2.25. The molecule has 1 saturated heterocycles. The van der Waals surface area contributed by atoms with Gasteiger partial charge in [0.05, 0.1) is 5.69 Å². The van der Waals surface area contributed by atoms with Gasteiger partial charge in [0.1, 0.15) is 0 Å². The van der Waals surface area contributed by atoms with Crippen LogP contribution in [0.5, 0.6) is 0 Å². The average molecular weight is 207 g/mol. The van der Waals surface area contributed by atoms with Gasteiger partial charge in [-0.3, -0.25) is 4.68 Å². The van der Waals surface area contributed by atoms with Crippen LogP contribution in [0.1, 0.15) is 31.7 Å². The molecule has 0 saturated carbocycles. The summed E-state index contributed by atoms with van der Waals surface area (Å²) in [7, 11) is 0. The molecule has 1 aliphatic rings. The Labute approximate surface area is 91.9 Å². The van der Waals surface area contributed by atoms with Crippen molar-refractivity contribution in [1.82, 2.24) is 15.1 Å². The number of nitrogens with one attached hydrogen (secondary N) is 1. The number of nitrogens with zero attached hydrogens (tertiary/aromatic N) is 2. The third-order valence-corrected chi connectivity index (χ3v) is 3.25. The second-order valence-electron chi connectivity index (χ2n) is 4.37. The zero-order valence-corrected chi connectivity index (χ0v) is 9.79. The smallest absolute Gasteiger partial charge is 0.0624 e. The summed E-state index contributed by atoms with van der Waals surface area (Å²) in [6.45, 7) is 7.86. The van der Waals surface area contributed by atoms with E-state index in [1.54, 1.807) is 0 Å². The number of rotatable bonds is 5. The largest absolute Gasteiger partial charge is 0.316 e. The summed E-state index contributed by atoms with van der Waals surface area (Å²) in [5.41, 5.74) is 2.62. The maximum Gasteiger partial charge on any atom is 0.0624 e. The van der Waals surface area contributed by atoms with Gasteiger partial charge in [0.25, 0.3) is 0 Å². The Morgan fingerprint density at radius 3 is 2.73 bits per heavy atom. The molecule has 0 atom stereocenters. The number of aryl methyl sites for hydroxylation is 3. The second-order valence-corrected chi connectivity index (χ2v) is 4.37. The van der Waals surface area contributed by atoms with Crippen molar-refractivity contribution < 1.29 is 0 Å². The lowest BCUT2D eigenvalue weighted by Crippen LogP contribution is -2.42. The molecular formula is C12H21N3. The Balaban J connectivity index is 1.95. The molecule has 2 heterocycles. The monoisotopic (exact) mass is 207 g/mol. The molecule has 3 heteroatoms. The van der Waals surface area contributed by atoms with Crippen LogP contribution in [0.2, 0.25) is 0 Å². The van der Waals surface area contributed by atoms with E-state index in [0.717, 1.165) is 25.3 Å². The van der Waals surface area contributed by atoms with Gasteiger partial charge in [-0.1, -0.05) is 13.8 Å². The van der Waals surface area contributed by atoms with E-state index in [1.165, 1.54) is 30.9 Å². The summed E-state index contributed by atoms with van der Waals surface area (Å²) in [5, 5.41) is 7.94. The van der Waals surface area contributed by atoms with Crippen LogP contribution in [0.4, 0.5) is 0 Å². The Morgan fingerprint density at radius 1 is 1.40 bits per heavy atom. The van der Waals surface area contributed by atoms with Gasteiger partial charge in [0, 0.05) is 12.2 Å². The van der Waals surface area contributed by atoms with Gasteiger partial charge >= 0.3 is 0 Å². The van der Waals surface area contributed by atoms with Crippen molar-refractivity contribution in [2.45, 2.75) is 39.7 Å². The van der Waals surface area contributed by atoms with Crippen LogP contribution in [0.25, 0.3) is 0 Å². The quantitative estimate of drug-likeness (QED) is 0.795. The highest BCUT2D eigenvalue weighted by atomic mass is 15.3. The van der Waals surface area contributed by atoms with Crippen LogP contribution in [0.15, 0.2) is 6.07 Å². The Morgan fingerprint density at radius 2 is 2.20 bits per heavy atom. The van der Waals surface area contributed by atoms with Crippen LogP contribution >= 0.6 is 0 Å². The highest BCUT2D eigenvalue weighted by Gasteiger charge is 2.16. The minimum atomic E-state index is 0.879. The van der Waals surface area contributed by atoms with Gasteiger partial charge in [-0.2, -0.15) is 5.10 Å². The molecule has 15 heavy (non-hydrogen) atoms. The Bertz CT molecular complexity index is 313. The molecule has 1 aromatic rings. The van der Waals surface area contributed by atoms with E-state index < -0.39 is 0 Å². The fourth-order valence-corrected chi connectivity index (χ4v) is 2.02. The highest BCUT2D eigenvalue weighted by molar-refractivity contribution is 5.10. The lowest BCUT2D eigenvalue weighted by atomic mass is 10.00. The van der Waals surface area contributed by atoms with Crippen LogP contribution in [-0.2, 0) is 19.4 Å². The van der Waals surface area contributed by atoms with Crippen LogP contribution in [-0.4, -0.2) is 22.9 Å². The number of hydrogen-bond donors (Lipinski definition) is 1. The van der Waals surface area contributed by atoms with Crippen LogP contribution < -0.4 is 5.32 Å². The predicted molar refractivity (Wildman–Crippen MR) is 62.0 cm³/mol. The SMILES string of the molecule is CCc1cc(CC)n(CCC2CNC2)n1. The topological polar surface area (TPSA) is 29.9 Å². The van der Waals surface area contributed by atoms with E-state index in [0.29, 0.717) is 0 Å². The molecule has 3 nitrogen and oxygen atoms in total. The zero-order chi connectivity index (χ0) is 10.7. The summed E-state index contributed by atoms with van der Waals surface area (Å²) < 4.78 is 2.21.